The molecule has 3 aromatic rings. The number of carbonyl (C=O) groups is 1. The predicted octanol–water partition coefficient (Wildman–Crippen LogP) is 3.59. The van der Waals surface area contributed by atoms with Gasteiger partial charge in [-0.25, -0.2) is 9.79 Å². The minimum absolute atomic E-state index is 0.00288. The molecule has 1 atom stereocenters. The lowest BCUT2D eigenvalue weighted by Gasteiger charge is -2.26. The highest BCUT2D eigenvalue weighted by Gasteiger charge is 2.35. The number of aromatic nitrogens is 1. The lowest BCUT2D eigenvalue weighted by molar-refractivity contribution is -0.385. The number of nitro groups is 1. The standard InChI is InChI=1S/C27H26BrN3O9S/c1-6-39-19-12-17(28)16(11-18(19)37-4)23-22(26(34)40-7-2)13(3)29-27-30(23)25(33)21(41-27)9-14-8-15(31(35)36)10-20(38-5)24(14)32/h8-12,23,32H,6-7H2,1-5H3/b21-9-/t23-/m1/s1. The molecule has 216 valence electrons. The number of allylic oxidation sites excluding steroid dienone is 1. The Morgan fingerprint density at radius 2 is 1.88 bits per heavy atom. The Balaban J connectivity index is 2.03. The lowest BCUT2D eigenvalue weighted by Crippen LogP contribution is -2.40. The number of aromatic hydroxyl groups is 1. The van der Waals surface area contributed by atoms with Gasteiger partial charge in [-0.2, -0.15) is 0 Å². The van der Waals surface area contributed by atoms with Crippen LogP contribution in [-0.2, 0) is 9.53 Å². The summed E-state index contributed by atoms with van der Waals surface area (Å²) in [4.78, 5) is 42.8. The molecule has 1 aromatic heterocycles. The zero-order valence-electron chi connectivity index (χ0n) is 22.7. The molecule has 0 amide bonds. The van der Waals surface area contributed by atoms with Crippen molar-refractivity contribution in [1.82, 2.24) is 4.57 Å². The minimum Gasteiger partial charge on any atom is -0.504 e. The fourth-order valence-corrected chi connectivity index (χ4v) is 5.98. The lowest BCUT2D eigenvalue weighted by atomic mass is 9.95. The highest BCUT2D eigenvalue weighted by molar-refractivity contribution is 9.10. The molecule has 0 saturated heterocycles. The normalized spacial score (nSPS) is 14.8. The Kier molecular flexibility index (Phi) is 8.83. The highest BCUT2D eigenvalue weighted by Crippen LogP contribution is 2.41. The summed E-state index contributed by atoms with van der Waals surface area (Å²) in [7, 11) is 2.74. The van der Waals surface area contributed by atoms with E-state index in [0.717, 1.165) is 23.5 Å². The largest absolute Gasteiger partial charge is 0.504 e. The van der Waals surface area contributed by atoms with Crippen LogP contribution in [-0.4, -0.2) is 48.0 Å². The van der Waals surface area contributed by atoms with Crippen molar-refractivity contribution in [3.8, 4) is 23.0 Å². The summed E-state index contributed by atoms with van der Waals surface area (Å²) in [5.74, 6) is -0.288. The van der Waals surface area contributed by atoms with Crippen molar-refractivity contribution >= 4 is 45.0 Å². The number of hydrogen-bond donors (Lipinski definition) is 1. The van der Waals surface area contributed by atoms with E-state index >= 15 is 0 Å². The molecule has 2 aromatic carbocycles. The molecule has 0 unspecified atom stereocenters. The quantitative estimate of drug-likeness (QED) is 0.209. The van der Waals surface area contributed by atoms with Crippen molar-refractivity contribution in [3.63, 3.8) is 0 Å². The maximum atomic E-state index is 13.9. The van der Waals surface area contributed by atoms with E-state index < -0.39 is 22.5 Å². The molecule has 0 saturated carbocycles. The van der Waals surface area contributed by atoms with Crippen LogP contribution < -0.4 is 29.1 Å². The molecule has 0 aliphatic carbocycles. The van der Waals surface area contributed by atoms with Gasteiger partial charge in [0.15, 0.2) is 27.8 Å². The molecule has 0 spiro atoms. The third-order valence-electron chi connectivity index (χ3n) is 6.20. The summed E-state index contributed by atoms with van der Waals surface area (Å²) in [6.45, 7) is 5.65. The third-order valence-corrected chi connectivity index (χ3v) is 7.87. The molecule has 1 N–H and O–H groups in total. The molecule has 0 fully saturated rings. The van der Waals surface area contributed by atoms with E-state index in [9.17, 15) is 24.8 Å². The molecular weight excluding hydrogens is 622 g/mol. The summed E-state index contributed by atoms with van der Waals surface area (Å²) in [5.41, 5.74) is 0.136. The van der Waals surface area contributed by atoms with Crippen molar-refractivity contribution < 1.29 is 33.8 Å². The van der Waals surface area contributed by atoms with Gasteiger partial charge in [0.05, 0.1) is 60.3 Å². The van der Waals surface area contributed by atoms with Gasteiger partial charge in [-0.3, -0.25) is 19.5 Å². The summed E-state index contributed by atoms with van der Waals surface area (Å²) in [6, 6.07) is 4.61. The summed E-state index contributed by atoms with van der Waals surface area (Å²) in [6.07, 6.45) is 1.32. The van der Waals surface area contributed by atoms with E-state index in [1.165, 1.54) is 24.9 Å². The maximum absolute atomic E-state index is 13.9. The van der Waals surface area contributed by atoms with E-state index in [2.05, 4.69) is 20.9 Å². The molecule has 4 rings (SSSR count). The second kappa shape index (κ2) is 12.1. The number of thiazole rings is 1. The van der Waals surface area contributed by atoms with E-state index in [1.807, 2.05) is 6.92 Å². The number of ether oxygens (including phenoxy) is 4. The number of carbonyl (C=O) groups excluding carboxylic acids is 1. The van der Waals surface area contributed by atoms with Crippen LogP contribution in [0.4, 0.5) is 5.69 Å². The van der Waals surface area contributed by atoms with Crippen LogP contribution in [0, 0.1) is 10.1 Å². The zero-order chi connectivity index (χ0) is 30.0. The van der Waals surface area contributed by atoms with Crippen molar-refractivity contribution in [2.45, 2.75) is 26.8 Å². The number of methoxy groups -OCH3 is 2. The Labute approximate surface area is 246 Å². The third kappa shape index (κ3) is 5.57. The first-order valence-corrected chi connectivity index (χ1v) is 13.9. The fraction of sp³-hybridized carbons (Fsp3) is 0.296. The van der Waals surface area contributed by atoms with Gasteiger partial charge in [-0.15, -0.1) is 0 Å². The Morgan fingerprint density at radius 1 is 1.17 bits per heavy atom. The predicted molar refractivity (Wildman–Crippen MR) is 154 cm³/mol. The van der Waals surface area contributed by atoms with Crippen molar-refractivity contribution in [3.05, 3.63) is 80.9 Å². The second-order valence-electron chi connectivity index (χ2n) is 8.60. The zero-order valence-corrected chi connectivity index (χ0v) is 25.1. The second-order valence-corrected chi connectivity index (χ2v) is 10.5. The number of esters is 1. The van der Waals surface area contributed by atoms with Crippen LogP contribution >= 0.6 is 27.3 Å². The van der Waals surface area contributed by atoms with Crippen LogP contribution in [0.3, 0.4) is 0 Å². The number of nitrogens with zero attached hydrogens (tertiary/aromatic N) is 3. The van der Waals surface area contributed by atoms with Crippen LogP contribution in [0.1, 0.15) is 37.9 Å². The number of nitro benzene ring substituents is 1. The van der Waals surface area contributed by atoms with Crippen molar-refractivity contribution in [1.29, 1.82) is 0 Å². The topological polar surface area (TPSA) is 152 Å². The SMILES string of the molecule is CCOC(=O)C1=C(C)N=c2s/c(=C\c3cc([N+](=O)[O-])cc(OC)c3O)c(=O)n2[C@@H]1c1cc(OC)c(OCC)cc1Br. The summed E-state index contributed by atoms with van der Waals surface area (Å²) < 4.78 is 23.6. The molecule has 41 heavy (non-hydrogen) atoms. The molecule has 1 aliphatic rings. The first-order chi connectivity index (χ1) is 19.6. The van der Waals surface area contributed by atoms with Crippen LogP contribution in [0.2, 0.25) is 0 Å². The smallest absolute Gasteiger partial charge is 0.338 e. The number of hydrogen-bond acceptors (Lipinski definition) is 11. The average molecular weight is 648 g/mol. The molecule has 14 heteroatoms. The molecule has 2 heterocycles. The Bertz CT molecular complexity index is 1760. The number of halogens is 1. The van der Waals surface area contributed by atoms with Crippen LogP contribution in [0.15, 0.2) is 49.8 Å². The summed E-state index contributed by atoms with van der Waals surface area (Å²) in [5, 5.41) is 22.1. The molecular formula is C27H26BrN3O9S. The number of phenolic OH excluding ortho intramolecular Hbond substituents is 1. The number of rotatable bonds is 9. The van der Waals surface area contributed by atoms with Gasteiger partial charge in [-0.1, -0.05) is 27.3 Å². The number of non-ortho nitro benzene ring substituents is 1. The average Bonchev–Trinajstić information content (AvgIpc) is 3.23. The van der Waals surface area contributed by atoms with Crippen molar-refractivity contribution in [2.24, 2.45) is 4.99 Å². The van der Waals surface area contributed by atoms with E-state index in [4.69, 9.17) is 18.9 Å². The van der Waals surface area contributed by atoms with Gasteiger partial charge in [-0.05, 0) is 44.5 Å². The van der Waals surface area contributed by atoms with Gasteiger partial charge in [0.2, 0.25) is 0 Å². The Morgan fingerprint density at radius 3 is 2.49 bits per heavy atom. The van der Waals surface area contributed by atoms with Crippen LogP contribution in [0.5, 0.6) is 23.0 Å². The first kappa shape index (κ1) is 29.8. The molecule has 0 radical (unpaired) electrons. The monoisotopic (exact) mass is 647 g/mol. The van der Waals surface area contributed by atoms with E-state index in [0.29, 0.717) is 33.8 Å². The minimum atomic E-state index is -0.973. The van der Waals surface area contributed by atoms with E-state index in [-0.39, 0.29) is 44.3 Å². The fourth-order valence-electron chi connectivity index (χ4n) is 4.40. The van der Waals surface area contributed by atoms with Crippen molar-refractivity contribution in [2.75, 3.05) is 27.4 Å². The van der Waals surface area contributed by atoms with Gasteiger partial charge in [0.25, 0.3) is 11.2 Å². The number of phenols is 1. The van der Waals surface area contributed by atoms with E-state index in [1.54, 1.807) is 26.0 Å². The van der Waals surface area contributed by atoms with Gasteiger partial charge in [0, 0.05) is 16.1 Å². The van der Waals surface area contributed by atoms with Crippen LogP contribution in [0.25, 0.3) is 6.08 Å². The number of benzene rings is 2. The maximum Gasteiger partial charge on any atom is 0.338 e. The molecule has 0 bridgehead atoms. The summed E-state index contributed by atoms with van der Waals surface area (Å²) >= 11 is 4.56. The first-order valence-electron chi connectivity index (χ1n) is 12.3. The molecule has 12 nitrogen and oxygen atoms in total. The van der Waals surface area contributed by atoms with Gasteiger partial charge in [0.1, 0.15) is 0 Å². The number of fused-ring (bicyclic) bond motifs is 1. The Hall–Kier alpha value is -4.17. The highest BCUT2D eigenvalue weighted by atomic mass is 79.9. The van der Waals surface area contributed by atoms with Gasteiger partial charge < -0.3 is 24.1 Å². The molecule has 1 aliphatic heterocycles. The van der Waals surface area contributed by atoms with Gasteiger partial charge >= 0.3 is 5.97 Å².